The third kappa shape index (κ3) is 4.15. The summed E-state index contributed by atoms with van der Waals surface area (Å²) in [4.78, 5) is 22.5. The van der Waals surface area contributed by atoms with Crippen molar-refractivity contribution in [2.45, 2.75) is 44.4 Å². The number of hydrogen-bond donors (Lipinski definition) is 4. The first-order valence-electron chi connectivity index (χ1n) is 5.91. The Labute approximate surface area is 106 Å². The van der Waals surface area contributed by atoms with Crippen molar-refractivity contribution in [2.75, 3.05) is 13.2 Å². The first-order chi connectivity index (χ1) is 8.34. The molecule has 1 unspecified atom stereocenters. The van der Waals surface area contributed by atoms with Crippen LogP contribution in [0, 0.1) is 0 Å². The number of hydrogen-bond acceptors (Lipinski definition) is 4. The Morgan fingerprint density at radius 2 is 2.11 bits per heavy atom. The van der Waals surface area contributed by atoms with Crippen LogP contribution < -0.4 is 10.6 Å². The Morgan fingerprint density at radius 3 is 2.56 bits per heavy atom. The molecule has 0 radical (unpaired) electrons. The molecule has 0 aromatic heterocycles. The second kappa shape index (κ2) is 6.01. The van der Waals surface area contributed by atoms with Crippen LogP contribution in [0.3, 0.4) is 0 Å². The molecule has 7 heteroatoms. The monoisotopic (exact) mass is 260 g/mol. The number of rotatable bonds is 4. The summed E-state index contributed by atoms with van der Waals surface area (Å²) < 4.78 is 5.28. The maximum Gasteiger partial charge on any atom is 0.328 e. The maximum absolute atomic E-state index is 11.7. The fraction of sp³-hybridized carbons (Fsp3) is 0.818. The quantitative estimate of drug-likeness (QED) is 0.554. The van der Waals surface area contributed by atoms with Crippen LogP contribution in [0.15, 0.2) is 0 Å². The molecule has 1 heterocycles. The van der Waals surface area contributed by atoms with E-state index in [0.29, 0.717) is 13.2 Å². The molecule has 0 aromatic carbocycles. The molecule has 1 rings (SSSR count). The molecular formula is C11H20N2O5. The van der Waals surface area contributed by atoms with Crippen LogP contribution in [-0.4, -0.2) is 53.1 Å². The summed E-state index contributed by atoms with van der Waals surface area (Å²) in [5, 5.41) is 23.0. The van der Waals surface area contributed by atoms with Gasteiger partial charge in [0.15, 0.2) is 6.04 Å². The van der Waals surface area contributed by atoms with E-state index in [-0.39, 0.29) is 0 Å². The third-order valence-electron chi connectivity index (χ3n) is 2.89. The number of ether oxygens (including phenoxy) is 1. The van der Waals surface area contributed by atoms with E-state index in [1.807, 2.05) is 6.92 Å². The summed E-state index contributed by atoms with van der Waals surface area (Å²) in [5.41, 5.74) is -0.496. The Bertz CT molecular complexity index is 313. The van der Waals surface area contributed by atoms with Gasteiger partial charge in [0.25, 0.3) is 0 Å². The second-order valence-electron chi connectivity index (χ2n) is 4.87. The highest BCUT2D eigenvalue weighted by Gasteiger charge is 2.31. The number of aliphatic hydroxyl groups excluding tert-OH is 1. The van der Waals surface area contributed by atoms with Crippen molar-refractivity contribution in [2.24, 2.45) is 0 Å². The molecule has 4 N–H and O–H groups in total. The molecule has 3 atom stereocenters. The summed E-state index contributed by atoms with van der Waals surface area (Å²) >= 11 is 0. The van der Waals surface area contributed by atoms with Gasteiger partial charge in [0, 0.05) is 6.61 Å². The van der Waals surface area contributed by atoms with E-state index in [4.69, 9.17) is 9.84 Å². The van der Waals surface area contributed by atoms with Crippen molar-refractivity contribution in [1.82, 2.24) is 10.6 Å². The first-order valence-corrected chi connectivity index (χ1v) is 5.91. The summed E-state index contributed by atoms with van der Waals surface area (Å²) in [6, 6.07) is -1.94. The van der Waals surface area contributed by atoms with E-state index in [0.717, 1.165) is 12.8 Å². The molecule has 0 bridgehead atoms. The lowest BCUT2D eigenvalue weighted by Gasteiger charge is -2.34. The van der Waals surface area contributed by atoms with E-state index in [9.17, 15) is 14.7 Å². The van der Waals surface area contributed by atoms with Gasteiger partial charge in [-0.1, -0.05) is 0 Å². The van der Waals surface area contributed by atoms with E-state index in [2.05, 4.69) is 10.6 Å². The Hall–Kier alpha value is -1.34. The zero-order valence-electron chi connectivity index (χ0n) is 10.6. The zero-order chi connectivity index (χ0) is 13.8. The number of aliphatic hydroxyl groups is 1. The van der Waals surface area contributed by atoms with Crippen molar-refractivity contribution < 1.29 is 24.5 Å². The fourth-order valence-electron chi connectivity index (χ4n) is 1.87. The molecule has 1 aliphatic heterocycles. The molecule has 7 nitrogen and oxygen atoms in total. The van der Waals surface area contributed by atoms with Gasteiger partial charge in [0.2, 0.25) is 0 Å². The Morgan fingerprint density at radius 1 is 1.44 bits per heavy atom. The SMILES string of the molecule is C[C@@H](O)[C@H](NC(=O)NC1(C)CCCOC1)C(=O)O. The lowest BCUT2D eigenvalue weighted by atomic mass is 9.95. The Balaban J connectivity index is 2.52. The van der Waals surface area contributed by atoms with Gasteiger partial charge < -0.3 is 25.6 Å². The zero-order valence-corrected chi connectivity index (χ0v) is 10.6. The lowest BCUT2D eigenvalue weighted by molar-refractivity contribution is -0.141. The Kier molecular flexibility index (Phi) is 4.92. The molecule has 0 aromatic rings. The number of nitrogens with one attached hydrogen (secondary N) is 2. The van der Waals surface area contributed by atoms with Gasteiger partial charge in [-0.25, -0.2) is 9.59 Å². The van der Waals surface area contributed by atoms with Gasteiger partial charge in [-0.15, -0.1) is 0 Å². The number of carbonyl (C=O) groups is 2. The molecule has 1 saturated heterocycles. The number of urea groups is 1. The van der Waals surface area contributed by atoms with Crippen molar-refractivity contribution in [1.29, 1.82) is 0 Å². The average molecular weight is 260 g/mol. The lowest BCUT2D eigenvalue weighted by Crippen LogP contribution is -2.58. The second-order valence-corrected chi connectivity index (χ2v) is 4.87. The highest BCUT2D eigenvalue weighted by molar-refractivity contribution is 5.83. The van der Waals surface area contributed by atoms with E-state index < -0.39 is 29.7 Å². The average Bonchev–Trinajstić information content (AvgIpc) is 2.25. The van der Waals surface area contributed by atoms with Crippen molar-refractivity contribution in [3.8, 4) is 0 Å². The van der Waals surface area contributed by atoms with E-state index in [1.165, 1.54) is 6.92 Å². The van der Waals surface area contributed by atoms with Crippen molar-refractivity contribution >= 4 is 12.0 Å². The minimum Gasteiger partial charge on any atom is -0.480 e. The fourth-order valence-corrected chi connectivity index (χ4v) is 1.87. The van der Waals surface area contributed by atoms with Crippen LogP contribution in [0.4, 0.5) is 4.79 Å². The molecule has 0 aliphatic carbocycles. The van der Waals surface area contributed by atoms with Crippen LogP contribution in [0.25, 0.3) is 0 Å². The van der Waals surface area contributed by atoms with Crippen LogP contribution in [0.2, 0.25) is 0 Å². The smallest absolute Gasteiger partial charge is 0.328 e. The predicted octanol–water partition coefficient (Wildman–Crippen LogP) is -0.311. The number of carboxylic acids is 1. The van der Waals surface area contributed by atoms with Crippen molar-refractivity contribution in [3.05, 3.63) is 0 Å². The van der Waals surface area contributed by atoms with E-state index >= 15 is 0 Å². The van der Waals surface area contributed by atoms with Gasteiger partial charge in [-0.2, -0.15) is 0 Å². The summed E-state index contributed by atoms with van der Waals surface area (Å²) in [6.45, 7) is 4.21. The molecule has 18 heavy (non-hydrogen) atoms. The number of carboxylic acid groups (broad SMARTS) is 1. The molecule has 1 aliphatic rings. The summed E-state index contributed by atoms with van der Waals surface area (Å²) in [7, 11) is 0. The largest absolute Gasteiger partial charge is 0.480 e. The van der Waals surface area contributed by atoms with Crippen LogP contribution in [0.5, 0.6) is 0 Å². The summed E-state index contributed by atoms with van der Waals surface area (Å²) in [6.07, 6.45) is 0.450. The standard InChI is InChI=1S/C11H20N2O5/c1-7(14)8(9(15)16)12-10(17)13-11(2)4-3-5-18-6-11/h7-8,14H,3-6H2,1-2H3,(H,15,16)(H2,12,13,17)/t7-,8+,11?/m1/s1. The van der Waals surface area contributed by atoms with Crippen molar-refractivity contribution in [3.63, 3.8) is 0 Å². The van der Waals surface area contributed by atoms with Gasteiger partial charge in [-0.3, -0.25) is 0 Å². The number of aliphatic carboxylic acids is 1. The first kappa shape index (κ1) is 14.7. The van der Waals surface area contributed by atoms with Crippen LogP contribution in [-0.2, 0) is 9.53 Å². The number of amides is 2. The third-order valence-corrected chi connectivity index (χ3v) is 2.89. The molecule has 1 fully saturated rings. The normalized spacial score (nSPS) is 27.1. The molecule has 104 valence electrons. The number of carbonyl (C=O) groups excluding carboxylic acids is 1. The van der Waals surface area contributed by atoms with Gasteiger partial charge >= 0.3 is 12.0 Å². The minimum absolute atomic E-state index is 0.396. The van der Waals surface area contributed by atoms with E-state index in [1.54, 1.807) is 0 Å². The highest BCUT2D eigenvalue weighted by Crippen LogP contribution is 2.17. The molecule has 2 amide bonds. The molecular weight excluding hydrogens is 240 g/mol. The molecule has 0 spiro atoms. The minimum atomic E-state index is -1.32. The van der Waals surface area contributed by atoms with Gasteiger partial charge in [0.05, 0.1) is 18.2 Å². The van der Waals surface area contributed by atoms with Gasteiger partial charge in [-0.05, 0) is 26.7 Å². The predicted molar refractivity (Wildman–Crippen MR) is 63.2 cm³/mol. The molecule has 0 saturated carbocycles. The topological polar surface area (TPSA) is 108 Å². The highest BCUT2D eigenvalue weighted by atomic mass is 16.5. The maximum atomic E-state index is 11.7. The summed E-state index contributed by atoms with van der Waals surface area (Å²) in [5.74, 6) is -1.27. The van der Waals surface area contributed by atoms with Gasteiger partial charge in [0.1, 0.15) is 0 Å². The van der Waals surface area contributed by atoms with Crippen LogP contribution >= 0.6 is 0 Å². The van der Waals surface area contributed by atoms with Crippen LogP contribution in [0.1, 0.15) is 26.7 Å².